The molecule has 11 nitrogen and oxygen atoms in total. The fraction of sp³-hybridized carbons (Fsp3) is 0.737. The molecule has 0 aromatic carbocycles. The van der Waals surface area contributed by atoms with Crippen molar-refractivity contribution < 1.29 is 33.6 Å². The largest absolute Gasteiger partial charge is 0.463 e. The van der Waals surface area contributed by atoms with Crippen LogP contribution in [0.25, 0.3) is 0 Å². The normalized spacial score (nSPS) is 26.0. The van der Waals surface area contributed by atoms with Crippen molar-refractivity contribution in [1.29, 1.82) is 0 Å². The Bertz CT molecular complexity index is 859. The summed E-state index contributed by atoms with van der Waals surface area (Å²) in [6.07, 6.45) is 0.241. The zero-order valence-electron chi connectivity index (χ0n) is 18.4. The van der Waals surface area contributed by atoms with Gasteiger partial charge in [-0.1, -0.05) is 23.7 Å². The van der Waals surface area contributed by atoms with E-state index in [0.717, 1.165) is 12.2 Å². The molecule has 0 spiro atoms. The maximum Gasteiger partial charge on any atom is 0.394 e. The minimum Gasteiger partial charge on any atom is -0.463 e. The summed E-state index contributed by atoms with van der Waals surface area (Å²) in [5.41, 5.74) is -0.332. The van der Waals surface area contributed by atoms with Crippen LogP contribution in [0, 0.1) is 10.1 Å². The van der Waals surface area contributed by atoms with Crippen LogP contribution in [-0.4, -0.2) is 65.0 Å². The third-order valence-corrected chi connectivity index (χ3v) is 6.30. The number of aromatic amines is 1. The van der Waals surface area contributed by atoms with E-state index in [1.54, 1.807) is 13.8 Å². The average Bonchev–Trinajstić information content (AvgIpc) is 3.16. The van der Waals surface area contributed by atoms with Gasteiger partial charge < -0.3 is 18.9 Å². The van der Waals surface area contributed by atoms with Crippen molar-refractivity contribution in [3.05, 3.63) is 15.3 Å². The van der Waals surface area contributed by atoms with Gasteiger partial charge in [0.15, 0.2) is 5.79 Å². The van der Waals surface area contributed by atoms with Gasteiger partial charge in [0.25, 0.3) is 10.3 Å². The van der Waals surface area contributed by atoms with Crippen LogP contribution in [0.5, 0.6) is 0 Å². The number of rotatable bonds is 10. The number of nitro groups is 1. The molecule has 1 saturated heterocycles. The quantitative estimate of drug-likeness (QED) is 0.0988. The summed E-state index contributed by atoms with van der Waals surface area (Å²) >= 11 is 7.57. The summed E-state index contributed by atoms with van der Waals surface area (Å²) in [6.45, 7) is 7.29. The maximum atomic E-state index is 11.7. The fourth-order valence-electron chi connectivity index (χ4n) is 3.79. The van der Waals surface area contributed by atoms with E-state index >= 15 is 0 Å². The van der Waals surface area contributed by atoms with E-state index in [-0.39, 0.29) is 54.1 Å². The molecule has 2 aliphatic rings. The average molecular weight is 492 g/mol. The summed E-state index contributed by atoms with van der Waals surface area (Å²) in [5.74, 6) is -0.269. The zero-order chi connectivity index (χ0) is 23.5. The second-order valence-electron chi connectivity index (χ2n) is 7.96. The molecule has 0 amide bonds. The highest BCUT2D eigenvalue weighted by Gasteiger charge is 2.56. The number of fused-ring (bicyclic) bond motifs is 1. The van der Waals surface area contributed by atoms with Gasteiger partial charge in [-0.15, -0.1) is 0 Å². The highest BCUT2D eigenvalue weighted by atomic mass is 35.5. The lowest BCUT2D eigenvalue weighted by molar-refractivity contribution is -0.440. The van der Waals surface area contributed by atoms with Gasteiger partial charge in [-0.3, -0.25) is 20.2 Å². The molecular formula is C19H28ClN4O7S+. The van der Waals surface area contributed by atoms with Crippen LogP contribution in [0.15, 0.2) is 5.16 Å². The smallest absolute Gasteiger partial charge is 0.394 e. The van der Waals surface area contributed by atoms with Crippen LogP contribution in [0.1, 0.15) is 40.5 Å². The monoisotopic (exact) mass is 491 g/mol. The Kier molecular flexibility index (Phi) is 8.15. The third kappa shape index (κ3) is 5.98. The molecule has 0 bridgehead atoms. The lowest BCUT2D eigenvalue weighted by Gasteiger charge is -2.23. The Morgan fingerprint density at radius 1 is 1.41 bits per heavy atom. The molecule has 32 heavy (non-hydrogen) atoms. The van der Waals surface area contributed by atoms with Gasteiger partial charge in [-0.25, -0.2) is 4.98 Å². The molecule has 1 aliphatic carbocycles. The molecule has 1 saturated carbocycles. The zero-order valence-corrected chi connectivity index (χ0v) is 20.0. The predicted octanol–water partition coefficient (Wildman–Crippen LogP) is 2.61. The highest BCUT2D eigenvalue weighted by molar-refractivity contribution is 7.99. The summed E-state index contributed by atoms with van der Waals surface area (Å²) in [5, 5.41) is 15.1. The Balaban J connectivity index is 1.80. The lowest BCUT2D eigenvalue weighted by atomic mass is 10.2. The molecule has 2 fully saturated rings. The number of ether oxygens (including phenoxy) is 4. The van der Waals surface area contributed by atoms with E-state index in [1.807, 2.05) is 6.92 Å². The van der Waals surface area contributed by atoms with E-state index in [4.69, 9.17) is 30.5 Å². The molecule has 13 heteroatoms. The van der Waals surface area contributed by atoms with Gasteiger partial charge in [0.2, 0.25) is 0 Å². The second-order valence-corrected chi connectivity index (χ2v) is 9.40. The molecule has 2 heterocycles. The first-order valence-electron chi connectivity index (χ1n) is 10.4. The van der Waals surface area contributed by atoms with Crippen LogP contribution in [0.4, 0.5) is 11.5 Å². The number of H-pyrrole nitrogens is 1. The van der Waals surface area contributed by atoms with Crippen molar-refractivity contribution in [1.82, 2.24) is 4.98 Å². The summed E-state index contributed by atoms with van der Waals surface area (Å²) in [7, 11) is 0. The first-order chi connectivity index (χ1) is 15.1. The number of aromatic nitrogens is 2. The highest BCUT2D eigenvalue weighted by Crippen LogP contribution is 2.41. The number of halogens is 1. The molecule has 1 aromatic rings. The van der Waals surface area contributed by atoms with Crippen LogP contribution in [0.3, 0.4) is 0 Å². The van der Waals surface area contributed by atoms with Gasteiger partial charge in [0, 0.05) is 19.1 Å². The van der Waals surface area contributed by atoms with E-state index in [1.165, 1.54) is 18.7 Å². The van der Waals surface area contributed by atoms with E-state index in [2.05, 4.69) is 15.3 Å². The number of hydrogen-bond donors (Lipinski definition) is 1. The lowest BCUT2D eigenvalue weighted by Crippen LogP contribution is -2.36. The third-order valence-electron chi connectivity index (χ3n) is 4.95. The molecule has 1 aromatic heterocycles. The van der Waals surface area contributed by atoms with E-state index in [0.29, 0.717) is 11.6 Å². The van der Waals surface area contributed by atoms with Crippen molar-refractivity contribution in [3.63, 3.8) is 0 Å². The maximum absolute atomic E-state index is 11.7. The molecule has 4 atom stereocenters. The van der Waals surface area contributed by atoms with E-state index in [9.17, 15) is 14.9 Å². The molecular weight excluding hydrogens is 464 g/mol. The van der Waals surface area contributed by atoms with Crippen molar-refractivity contribution >= 4 is 40.8 Å². The van der Waals surface area contributed by atoms with Crippen molar-refractivity contribution in [2.75, 3.05) is 24.3 Å². The van der Waals surface area contributed by atoms with Crippen molar-refractivity contribution in [2.24, 2.45) is 0 Å². The summed E-state index contributed by atoms with van der Waals surface area (Å²) in [6, 6.07) is -0.349. The summed E-state index contributed by atoms with van der Waals surface area (Å²) in [4.78, 5) is 29.2. The first kappa shape index (κ1) is 24.9. The Morgan fingerprint density at radius 3 is 2.78 bits per heavy atom. The van der Waals surface area contributed by atoms with Crippen molar-refractivity contribution in [2.45, 2.75) is 75.8 Å². The minimum absolute atomic E-state index is 0.128. The fourth-order valence-corrected chi connectivity index (χ4v) is 4.81. The molecule has 3 rings (SSSR count). The SMILES string of the molecule is CCCSc1nc(Cl)c([N+](=O)[O-])c(N[C@@H]2C[C@H](OCCOC(C)=O)[C@H]3OC(C)(C)O[C@H]32)[nH+]1. The first-order valence-corrected chi connectivity index (χ1v) is 11.7. The molecule has 1 aliphatic heterocycles. The molecule has 0 radical (unpaired) electrons. The Morgan fingerprint density at radius 2 is 2.12 bits per heavy atom. The van der Waals surface area contributed by atoms with Gasteiger partial charge in [0.05, 0.1) is 17.6 Å². The van der Waals surface area contributed by atoms with Crippen LogP contribution in [0.2, 0.25) is 5.15 Å². The number of carbonyl (C=O) groups excluding carboxylic acids is 1. The standard InChI is InChI=1S/C19H27ClN4O7S/c1-5-8-32-18-22-16(20)13(24(26)27)17(23-18)21-11-9-12(29-7-6-28-10(2)25)15-14(11)30-19(3,4)31-15/h11-12,14-15H,5-9H2,1-4H3,(H,21,22,23)/p+1/t11-,12+,14+,15-/m1/s1. The number of anilines is 1. The van der Waals surface area contributed by atoms with E-state index < -0.39 is 16.8 Å². The van der Waals surface area contributed by atoms with Crippen LogP contribution < -0.4 is 10.3 Å². The number of nitrogens with one attached hydrogen (secondary N) is 2. The van der Waals surface area contributed by atoms with Crippen LogP contribution >= 0.6 is 23.4 Å². The molecule has 178 valence electrons. The second kappa shape index (κ2) is 10.5. The summed E-state index contributed by atoms with van der Waals surface area (Å²) < 4.78 is 22.9. The molecule has 2 N–H and O–H groups in total. The minimum atomic E-state index is -0.832. The Hall–Kier alpha value is -1.73. The topological polar surface area (TPSA) is 136 Å². The van der Waals surface area contributed by atoms with Gasteiger partial charge in [-0.05, 0) is 31.9 Å². The predicted molar refractivity (Wildman–Crippen MR) is 116 cm³/mol. The number of thioether (sulfide) groups is 1. The Labute approximate surface area is 195 Å². The number of hydrogen-bond acceptors (Lipinski definition) is 10. The van der Waals surface area contributed by atoms with Gasteiger partial charge >= 0.3 is 17.5 Å². The van der Waals surface area contributed by atoms with Gasteiger partial charge in [-0.2, -0.15) is 0 Å². The number of esters is 1. The van der Waals surface area contributed by atoms with Gasteiger partial charge in [0.1, 0.15) is 24.9 Å². The van der Waals surface area contributed by atoms with Crippen molar-refractivity contribution in [3.8, 4) is 0 Å². The van der Waals surface area contributed by atoms with Crippen LogP contribution in [-0.2, 0) is 23.7 Å². The molecule has 0 unspecified atom stereocenters. The number of nitrogens with zero attached hydrogens (tertiary/aromatic N) is 2. The number of carbonyl (C=O) groups is 1.